The maximum absolute atomic E-state index is 12.0. The third kappa shape index (κ3) is 6.22. The largest absolute Gasteiger partial charge is 0.356 e. The number of nitrogens with zero attached hydrogens (tertiary/aromatic N) is 2. The Kier molecular flexibility index (Phi) is 9.35. The van der Waals surface area contributed by atoms with Crippen molar-refractivity contribution in [1.29, 1.82) is 0 Å². The van der Waals surface area contributed by atoms with Gasteiger partial charge in [-0.3, -0.25) is 9.78 Å². The van der Waals surface area contributed by atoms with E-state index in [4.69, 9.17) is 5.73 Å². The summed E-state index contributed by atoms with van der Waals surface area (Å²) in [5.41, 5.74) is 7.94. The lowest BCUT2D eigenvalue weighted by Crippen LogP contribution is -2.31. The van der Waals surface area contributed by atoms with Gasteiger partial charge in [-0.25, -0.2) is 4.98 Å². The highest BCUT2D eigenvalue weighted by atomic mass is 35.5. The molecule has 2 atom stereocenters. The summed E-state index contributed by atoms with van der Waals surface area (Å²) in [4.78, 5) is 20.7. The van der Waals surface area contributed by atoms with Crippen molar-refractivity contribution in [2.45, 2.75) is 38.1 Å². The number of rotatable bonds is 6. The van der Waals surface area contributed by atoms with E-state index in [2.05, 4.69) is 20.7 Å². The molecule has 0 aliphatic heterocycles. The summed E-state index contributed by atoms with van der Waals surface area (Å²) in [5.74, 6) is 0.276. The molecule has 3 rings (SSSR count). The van der Waals surface area contributed by atoms with Gasteiger partial charge in [-0.1, -0.05) is 0 Å². The lowest BCUT2D eigenvalue weighted by Gasteiger charge is -2.10. The monoisotopic (exact) mass is 402 g/mol. The Morgan fingerprint density at radius 1 is 1.28 bits per heavy atom. The number of carbonyl (C=O) groups excluding carboxylic acids is 1. The zero-order chi connectivity index (χ0) is 16.1. The van der Waals surface area contributed by atoms with Gasteiger partial charge in [0, 0.05) is 48.3 Å². The van der Waals surface area contributed by atoms with Crippen LogP contribution in [0.1, 0.15) is 30.7 Å². The Morgan fingerprint density at radius 3 is 2.72 bits per heavy atom. The zero-order valence-electron chi connectivity index (χ0n) is 13.9. The van der Waals surface area contributed by atoms with E-state index in [-0.39, 0.29) is 42.7 Å². The van der Waals surface area contributed by atoms with Crippen molar-refractivity contribution < 1.29 is 4.79 Å². The lowest BCUT2D eigenvalue weighted by molar-refractivity contribution is -0.124. The number of aryl methyl sites for hydroxylation is 1. The van der Waals surface area contributed by atoms with E-state index in [0.717, 1.165) is 48.4 Å². The molecule has 2 heterocycles. The standard InChI is InChI=1S/C17H22N4OS.2ClH/c18-14-4-3-13(10-14)17(22)20-7-1-2-16-21-15(11-23-16)12-5-8-19-9-6-12;;/h5-6,8-9,11,13-14H,1-4,7,10,18H2,(H,20,22);2*1H. The van der Waals surface area contributed by atoms with Gasteiger partial charge in [0.25, 0.3) is 0 Å². The predicted molar refractivity (Wildman–Crippen MR) is 106 cm³/mol. The van der Waals surface area contributed by atoms with Gasteiger partial charge in [0.1, 0.15) is 0 Å². The van der Waals surface area contributed by atoms with Crippen molar-refractivity contribution in [3.63, 3.8) is 0 Å². The van der Waals surface area contributed by atoms with Crippen LogP contribution in [0, 0.1) is 5.92 Å². The first-order valence-corrected chi connectivity index (χ1v) is 8.98. The van der Waals surface area contributed by atoms with E-state index in [1.165, 1.54) is 0 Å². The molecule has 0 bridgehead atoms. The van der Waals surface area contributed by atoms with Crippen molar-refractivity contribution >= 4 is 42.1 Å². The van der Waals surface area contributed by atoms with E-state index < -0.39 is 0 Å². The smallest absolute Gasteiger partial charge is 0.223 e. The first kappa shape index (κ1) is 21.8. The SMILES string of the molecule is Cl.Cl.NC1CCC(C(=O)NCCCc2nc(-c3ccncc3)cs2)C1. The number of pyridine rings is 1. The summed E-state index contributed by atoms with van der Waals surface area (Å²) in [5, 5.41) is 6.21. The van der Waals surface area contributed by atoms with Gasteiger partial charge in [-0.05, 0) is 37.8 Å². The Hall–Kier alpha value is -1.21. The minimum atomic E-state index is 0. The number of hydrogen-bond donors (Lipinski definition) is 2. The highest BCUT2D eigenvalue weighted by Crippen LogP contribution is 2.24. The topological polar surface area (TPSA) is 80.9 Å². The molecule has 2 aromatic heterocycles. The fourth-order valence-electron chi connectivity index (χ4n) is 2.93. The highest BCUT2D eigenvalue weighted by molar-refractivity contribution is 7.09. The summed E-state index contributed by atoms with van der Waals surface area (Å²) in [6.45, 7) is 0.703. The van der Waals surface area contributed by atoms with Crippen LogP contribution in [-0.4, -0.2) is 28.5 Å². The molecule has 0 spiro atoms. The van der Waals surface area contributed by atoms with E-state index >= 15 is 0 Å². The summed E-state index contributed by atoms with van der Waals surface area (Å²) in [6.07, 6.45) is 8.07. The molecule has 1 amide bonds. The third-order valence-electron chi connectivity index (χ3n) is 4.24. The molecule has 1 aliphatic carbocycles. The van der Waals surface area contributed by atoms with Gasteiger partial charge in [0.05, 0.1) is 10.7 Å². The van der Waals surface area contributed by atoms with Crippen LogP contribution in [0.5, 0.6) is 0 Å². The number of nitrogens with two attached hydrogens (primary N) is 1. The fraction of sp³-hybridized carbons (Fsp3) is 0.471. The number of thiazole rings is 1. The second kappa shape index (κ2) is 10.7. The second-order valence-electron chi connectivity index (χ2n) is 6.03. The summed E-state index contributed by atoms with van der Waals surface area (Å²) < 4.78 is 0. The van der Waals surface area contributed by atoms with Crippen molar-refractivity contribution in [2.24, 2.45) is 11.7 Å². The molecular weight excluding hydrogens is 379 g/mol. The molecule has 1 fully saturated rings. The minimum Gasteiger partial charge on any atom is -0.356 e. The number of hydrogen-bond acceptors (Lipinski definition) is 5. The van der Waals surface area contributed by atoms with Gasteiger partial charge in [0.2, 0.25) is 5.91 Å². The molecular formula is C17H24Cl2N4OS. The Labute approximate surface area is 164 Å². The molecule has 0 aromatic carbocycles. The Morgan fingerprint density at radius 2 is 2.04 bits per heavy atom. The fourth-order valence-corrected chi connectivity index (χ4v) is 3.78. The van der Waals surface area contributed by atoms with Crippen LogP contribution in [0.4, 0.5) is 0 Å². The maximum Gasteiger partial charge on any atom is 0.223 e. The van der Waals surface area contributed by atoms with E-state index in [0.29, 0.717) is 6.54 Å². The van der Waals surface area contributed by atoms with Gasteiger partial charge in [-0.2, -0.15) is 0 Å². The lowest BCUT2D eigenvalue weighted by atomic mass is 10.1. The van der Waals surface area contributed by atoms with Crippen LogP contribution < -0.4 is 11.1 Å². The summed E-state index contributed by atoms with van der Waals surface area (Å²) >= 11 is 1.67. The molecule has 138 valence electrons. The molecule has 1 aliphatic rings. The molecule has 0 saturated heterocycles. The number of carbonyl (C=O) groups is 1. The van der Waals surface area contributed by atoms with E-state index in [1.807, 2.05) is 12.1 Å². The Bertz CT molecular complexity index is 653. The van der Waals surface area contributed by atoms with Gasteiger partial charge in [-0.15, -0.1) is 36.2 Å². The molecule has 3 N–H and O–H groups in total. The van der Waals surface area contributed by atoms with Crippen LogP contribution in [0.15, 0.2) is 29.9 Å². The molecule has 1 saturated carbocycles. The molecule has 2 unspecified atom stereocenters. The zero-order valence-corrected chi connectivity index (χ0v) is 16.3. The first-order chi connectivity index (χ1) is 11.2. The average molecular weight is 403 g/mol. The molecule has 25 heavy (non-hydrogen) atoms. The molecule has 2 aromatic rings. The quantitative estimate of drug-likeness (QED) is 0.726. The summed E-state index contributed by atoms with van der Waals surface area (Å²) in [7, 11) is 0. The summed E-state index contributed by atoms with van der Waals surface area (Å²) in [6, 6.07) is 4.13. The maximum atomic E-state index is 12.0. The van der Waals surface area contributed by atoms with Gasteiger partial charge >= 0.3 is 0 Å². The highest BCUT2D eigenvalue weighted by Gasteiger charge is 2.27. The molecule has 5 nitrogen and oxygen atoms in total. The van der Waals surface area contributed by atoms with Crippen molar-refractivity contribution in [1.82, 2.24) is 15.3 Å². The van der Waals surface area contributed by atoms with Crippen LogP contribution in [0.3, 0.4) is 0 Å². The first-order valence-electron chi connectivity index (χ1n) is 8.10. The van der Waals surface area contributed by atoms with Gasteiger partial charge in [0.15, 0.2) is 0 Å². The van der Waals surface area contributed by atoms with Gasteiger partial charge < -0.3 is 11.1 Å². The number of amides is 1. The van der Waals surface area contributed by atoms with Crippen molar-refractivity contribution in [3.05, 3.63) is 34.9 Å². The predicted octanol–water partition coefficient (Wildman–Crippen LogP) is 3.22. The van der Waals surface area contributed by atoms with Crippen LogP contribution in [0.25, 0.3) is 11.3 Å². The second-order valence-corrected chi connectivity index (χ2v) is 6.97. The van der Waals surface area contributed by atoms with Crippen LogP contribution >= 0.6 is 36.2 Å². The van der Waals surface area contributed by atoms with Crippen molar-refractivity contribution in [2.75, 3.05) is 6.54 Å². The van der Waals surface area contributed by atoms with Crippen LogP contribution in [0.2, 0.25) is 0 Å². The number of halogens is 2. The van der Waals surface area contributed by atoms with E-state index in [9.17, 15) is 4.79 Å². The van der Waals surface area contributed by atoms with Crippen molar-refractivity contribution in [3.8, 4) is 11.3 Å². The van der Waals surface area contributed by atoms with Crippen LogP contribution in [-0.2, 0) is 11.2 Å². The number of nitrogens with one attached hydrogen (secondary N) is 1. The molecule has 0 radical (unpaired) electrons. The Balaban J connectivity index is 0.00000156. The minimum absolute atomic E-state index is 0. The molecule has 8 heteroatoms. The normalized spacial score (nSPS) is 18.9. The van der Waals surface area contributed by atoms with E-state index in [1.54, 1.807) is 23.7 Å². The third-order valence-corrected chi connectivity index (χ3v) is 5.15. The number of aromatic nitrogens is 2. The average Bonchev–Trinajstić information content (AvgIpc) is 3.21.